The molecule has 0 spiro atoms. The van der Waals surface area contributed by atoms with Crippen LogP contribution in [0.4, 0.5) is 0 Å². The highest BCUT2D eigenvalue weighted by Crippen LogP contribution is 2.23. The van der Waals surface area contributed by atoms with E-state index in [1.54, 1.807) is 0 Å². The molecule has 2 aliphatic rings. The second-order valence-corrected chi connectivity index (χ2v) is 9.56. The van der Waals surface area contributed by atoms with Crippen LogP contribution in [-0.4, -0.2) is 73.5 Å². The zero-order chi connectivity index (χ0) is 22.4. The van der Waals surface area contributed by atoms with Crippen LogP contribution in [-0.2, 0) is 19.0 Å². The fourth-order valence-electron chi connectivity index (χ4n) is 3.38. The first kappa shape index (κ1) is 24.8. The van der Waals surface area contributed by atoms with Gasteiger partial charge in [0.2, 0.25) is 5.91 Å². The lowest BCUT2D eigenvalue weighted by Crippen LogP contribution is -2.54. The molecule has 2 fully saturated rings. The number of allylic oxidation sites excluding steroid dienone is 1. The first-order valence-electron chi connectivity index (χ1n) is 10.9. The number of nitrogens with zero attached hydrogens (tertiary/aromatic N) is 1. The van der Waals surface area contributed by atoms with Gasteiger partial charge in [-0.2, -0.15) is 0 Å². The van der Waals surface area contributed by atoms with E-state index in [4.69, 9.17) is 19.6 Å². The lowest BCUT2D eigenvalue weighted by atomic mass is 9.88. The van der Waals surface area contributed by atoms with Crippen molar-refractivity contribution in [3.05, 3.63) is 12.0 Å². The monoisotopic (exact) mass is 425 g/mol. The lowest BCUT2D eigenvalue weighted by Gasteiger charge is -2.35. The summed E-state index contributed by atoms with van der Waals surface area (Å²) in [5.41, 5.74) is -1.27. The molecule has 2 rings (SSSR count). The summed E-state index contributed by atoms with van der Waals surface area (Å²) in [6, 6.07) is 0. The van der Waals surface area contributed by atoms with Crippen molar-refractivity contribution in [1.29, 1.82) is 5.41 Å². The third-order valence-corrected chi connectivity index (χ3v) is 6.09. The van der Waals surface area contributed by atoms with Crippen molar-refractivity contribution < 1.29 is 24.1 Å². The number of carbonyl (C=O) groups is 1. The molecule has 0 aromatic heterocycles. The van der Waals surface area contributed by atoms with Crippen LogP contribution in [0.2, 0.25) is 0 Å². The maximum absolute atomic E-state index is 12.8. The molecule has 1 amide bonds. The number of hydrogen-bond acceptors (Lipinski definition) is 7. The van der Waals surface area contributed by atoms with Gasteiger partial charge >= 0.3 is 0 Å². The van der Waals surface area contributed by atoms with Gasteiger partial charge in [-0.25, -0.2) is 0 Å². The topological polar surface area (TPSA) is 104 Å². The standard InChI is InChI=1S/C22H39N3O5/c1-21(2,15-30-19-8-6-7-10-29-19)17(23)12-18(26)24-20(27)22(3,4)25(5)13-16-9-11-28-14-16/h12,16,19,23,26H,6-11,13-15H2,1-5H3,(H,24,27)/b18-12-,23-17?. The number of hydrogen-bond donors (Lipinski definition) is 3. The highest BCUT2D eigenvalue weighted by Gasteiger charge is 2.35. The second kappa shape index (κ2) is 10.7. The minimum atomic E-state index is -0.816. The average Bonchev–Trinajstić information content (AvgIpc) is 3.20. The summed E-state index contributed by atoms with van der Waals surface area (Å²) in [7, 11) is 1.90. The largest absolute Gasteiger partial charge is 0.494 e. The molecule has 2 heterocycles. The molecule has 2 aliphatic heterocycles. The fraction of sp³-hybridized carbons (Fsp3) is 0.818. The van der Waals surface area contributed by atoms with Gasteiger partial charge in [0.1, 0.15) is 0 Å². The first-order valence-corrected chi connectivity index (χ1v) is 10.9. The highest BCUT2D eigenvalue weighted by atomic mass is 16.7. The Hall–Kier alpha value is -1.48. The molecule has 2 atom stereocenters. The Morgan fingerprint density at radius 3 is 2.60 bits per heavy atom. The molecule has 8 nitrogen and oxygen atoms in total. The molecule has 0 aliphatic carbocycles. The Kier molecular flexibility index (Phi) is 8.85. The van der Waals surface area contributed by atoms with Gasteiger partial charge in [0.25, 0.3) is 0 Å². The van der Waals surface area contributed by atoms with Crippen molar-refractivity contribution >= 4 is 11.6 Å². The Bertz CT molecular complexity index is 620. The van der Waals surface area contributed by atoms with E-state index < -0.39 is 11.0 Å². The molecule has 172 valence electrons. The Balaban J connectivity index is 1.87. The summed E-state index contributed by atoms with van der Waals surface area (Å²) < 4.78 is 16.8. The summed E-state index contributed by atoms with van der Waals surface area (Å²) in [5, 5.41) is 21.2. The molecule has 3 N–H and O–H groups in total. The van der Waals surface area contributed by atoms with Crippen LogP contribution in [0.1, 0.15) is 53.4 Å². The fourth-order valence-corrected chi connectivity index (χ4v) is 3.38. The van der Waals surface area contributed by atoms with Crippen LogP contribution in [0.3, 0.4) is 0 Å². The van der Waals surface area contributed by atoms with Gasteiger partial charge in [-0.15, -0.1) is 0 Å². The van der Waals surface area contributed by atoms with Gasteiger partial charge in [0.15, 0.2) is 12.2 Å². The van der Waals surface area contributed by atoms with Crippen LogP contribution >= 0.6 is 0 Å². The number of ether oxygens (including phenoxy) is 3. The molecule has 8 heteroatoms. The SMILES string of the molecule is CN(CC1CCOC1)C(C)(C)C(=O)N/C(O)=C/C(=N)C(C)(C)COC1CCCCO1. The third-order valence-electron chi connectivity index (χ3n) is 6.09. The van der Waals surface area contributed by atoms with Gasteiger partial charge < -0.3 is 24.7 Å². The molecular weight excluding hydrogens is 386 g/mol. The van der Waals surface area contributed by atoms with E-state index in [-0.39, 0.29) is 23.8 Å². The number of likely N-dealkylation sites (N-methyl/N-ethyl adjacent to an activating group) is 1. The zero-order valence-corrected chi connectivity index (χ0v) is 19.1. The van der Waals surface area contributed by atoms with E-state index in [1.165, 1.54) is 6.08 Å². The van der Waals surface area contributed by atoms with Gasteiger partial charge in [-0.3, -0.25) is 15.0 Å². The summed E-state index contributed by atoms with van der Waals surface area (Å²) in [4.78, 5) is 14.7. The number of aliphatic hydroxyl groups excluding tert-OH is 1. The Morgan fingerprint density at radius 1 is 1.27 bits per heavy atom. The molecule has 2 saturated heterocycles. The van der Waals surface area contributed by atoms with E-state index in [0.29, 0.717) is 25.7 Å². The van der Waals surface area contributed by atoms with E-state index in [1.807, 2.05) is 39.6 Å². The zero-order valence-electron chi connectivity index (χ0n) is 19.1. The van der Waals surface area contributed by atoms with Crippen LogP contribution in [0, 0.1) is 16.7 Å². The smallest absolute Gasteiger partial charge is 0.246 e. The van der Waals surface area contributed by atoms with Gasteiger partial charge in [-0.1, -0.05) is 13.8 Å². The second-order valence-electron chi connectivity index (χ2n) is 9.56. The number of carbonyl (C=O) groups excluding carboxylic acids is 1. The molecule has 0 aromatic carbocycles. The van der Waals surface area contributed by atoms with Gasteiger partial charge in [0, 0.05) is 37.0 Å². The molecule has 0 radical (unpaired) electrons. The van der Waals surface area contributed by atoms with Crippen LogP contribution in [0.25, 0.3) is 0 Å². The van der Waals surface area contributed by atoms with Crippen molar-refractivity contribution in [2.45, 2.75) is 65.2 Å². The van der Waals surface area contributed by atoms with Crippen LogP contribution in [0.15, 0.2) is 12.0 Å². The van der Waals surface area contributed by atoms with E-state index in [9.17, 15) is 9.90 Å². The molecule has 30 heavy (non-hydrogen) atoms. The number of rotatable bonds is 10. The third kappa shape index (κ3) is 7.04. The Morgan fingerprint density at radius 2 is 2.00 bits per heavy atom. The van der Waals surface area contributed by atoms with Crippen LogP contribution in [0.5, 0.6) is 0 Å². The van der Waals surface area contributed by atoms with Crippen molar-refractivity contribution in [3.8, 4) is 0 Å². The summed E-state index contributed by atoms with van der Waals surface area (Å²) in [5.74, 6) is -0.249. The van der Waals surface area contributed by atoms with Crippen molar-refractivity contribution in [1.82, 2.24) is 10.2 Å². The number of amides is 1. The summed E-state index contributed by atoms with van der Waals surface area (Å²) in [6.07, 6.45) is 5.03. The maximum Gasteiger partial charge on any atom is 0.246 e. The molecule has 0 aromatic rings. The van der Waals surface area contributed by atoms with Crippen molar-refractivity contribution in [2.24, 2.45) is 11.3 Å². The Labute approximate surface area is 180 Å². The molecule has 0 saturated carbocycles. The molecule has 0 bridgehead atoms. The normalized spacial score (nSPS) is 23.6. The average molecular weight is 426 g/mol. The molecular formula is C22H39N3O5. The summed E-state index contributed by atoms with van der Waals surface area (Å²) in [6.45, 7) is 10.6. The van der Waals surface area contributed by atoms with E-state index in [0.717, 1.165) is 38.8 Å². The van der Waals surface area contributed by atoms with E-state index >= 15 is 0 Å². The van der Waals surface area contributed by atoms with Crippen molar-refractivity contribution in [2.75, 3.05) is 40.0 Å². The van der Waals surface area contributed by atoms with Crippen molar-refractivity contribution in [3.63, 3.8) is 0 Å². The quantitative estimate of drug-likeness (QED) is 0.367. The summed E-state index contributed by atoms with van der Waals surface area (Å²) >= 11 is 0. The minimum Gasteiger partial charge on any atom is -0.494 e. The van der Waals surface area contributed by atoms with Gasteiger partial charge in [-0.05, 0) is 52.5 Å². The lowest BCUT2D eigenvalue weighted by molar-refractivity contribution is -0.171. The van der Waals surface area contributed by atoms with E-state index in [2.05, 4.69) is 5.32 Å². The first-order chi connectivity index (χ1) is 14.0. The predicted molar refractivity (Wildman–Crippen MR) is 116 cm³/mol. The van der Waals surface area contributed by atoms with Gasteiger partial charge in [0.05, 0.1) is 18.8 Å². The number of aliphatic hydroxyl groups is 1. The highest BCUT2D eigenvalue weighted by molar-refractivity contribution is 5.98. The number of nitrogens with one attached hydrogen (secondary N) is 2. The molecule has 2 unspecified atom stereocenters. The minimum absolute atomic E-state index is 0.172. The van der Waals surface area contributed by atoms with Crippen LogP contribution < -0.4 is 5.32 Å². The maximum atomic E-state index is 12.8. The predicted octanol–water partition coefficient (Wildman–Crippen LogP) is 2.84.